The number of likely N-dealkylation sites (tertiary alicyclic amines) is 1. The third-order valence-corrected chi connectivity index (χ3v) is 4.59. The molecule has 0 spiro atoms. The van der Waals surface area contributed by atoms with E-state index in [1.54, 1.807) is 18.2 Å². The van der Waals surface area contributed by atoms with Gasteiger partial charge in [0.1, 0.15) is 5.82 Å². The molecule has 1 aliphatic rings. The highest BCUT2D eigenvalue weighted by molar-refractivity contribution is 6.30. The molecule has 2 heterocycles. The van der Waals surface area contributed by atoms with Crippen LogP contribution >= 0.6 is 11.6 Å². The Kier molecular flexibility index (Phi) is 5.60. The molecule has 1 N–H and O–H groups in total. The number of aromatic nitrogens is 1. The Bertz CT molecular complexity index is 746. The number of rotatable bonds is 4. The molecule has 0 aliphatic carbocycles. The van der Waals surface area contributed by atoms with Gasteiger partial charge < -0.3 is 5.32 Å². The molecule has 4 nitrogen and oxygen atoms in total. The van der Waals surface area contributed by atoms with E-state index in [9.17, 15) is 13.6 Å². The van der Waals surface area contributed by atoms with Crippen molar-refractivity contribution in [3.63, 3.8) is 0 Å². The molecule has 1 amide bonds. The molecule has 1 fully saturated rings. The number of nitrogens with zero attached hydrogens (tertiary/aromatic N) is 2. The van der Waals surface area contributed by atoms with E-state index in [0.29, 0.717) is 48.9 Å². The van der Waals surface area contributed by atoms with Crippen LogP contribution in [0.1, 0.15) is 18.4 Å². The maximum Gasteiger partial charge on any atom is 0.228 e. The highest BCUT2D eigenvalue weighted by Crippen LogP contribution is 2.22. The van der Waals surface area contributed by atoms with Crippen LogP contribution in [0.25, 0.3) is 0 Å². The Morgan fingerprint density at radius 1 is 1.24 bits per heavy atom. The SMILES string of the molecule is O=C(Nc1ccc(Cl)cn1)C1CCN(Cc2cccc(F)c2F)CC1. The Morgan fingerprint density at radius 3 is 2.68 bits per heavy atom. The van der Waals surface area contributed by atoms with E-state index >= 15 is 0 Å². The van der Waals surface area contributed by atoms with Crippen molar-refractivity contribution in [2.45, 2.75) is 19.4 Å². The smallest absolute Gasteiger partial charge is 0.228 e. The first-order chi connectivity index (χ1) is 12.0. The maximum atomic E-state index is 13.8. The van der Waals surface area contributed by atoms with Crippen molar-refractivity contribution in [2.75, 3.05) is 18.4 Å². The molecule has 0 unspecified atom stereocenters. The van der Waals surface area contributed by atoms with Gasteiger partial charge in [-0.2, -0.15) is 0 Å². The number of halogens is 3. The van der Waals surface area contributed by atoms with Gasteiger partial charge in [-0.25, -0.2) is 13.8 Å². The lowest BCUT2D eigenvalue weighted by Crippen LogP contribution is -2.38. The quantitative estimate of drug-likeness (QED) is 0.894. The summed E-state index contributed by atoms with van der Waals surface area (Å²) in [6.45, 7) is 1.65. The summed E-state index contributed by atoms with van der Waals surface area (Å²) < 4.78 is 27.0. The molecule has 1 saturated heterocycles. The standard InChI is InChI=1S/C18H18ClF2N3O/c19-14-4-5-16(22-10-14)23-18(25)12-6-8-24(9-7-12)11-13-2-1-3-15(20)17(13)21/h1-5,10,12H,6-9,11H2,(H,22,23,25). The molecule has 132 valence electrons. The normalized spacial score (nSPS) is 16.0. The van der Waals surface area contributed by atoms with E-state index < -0.39 is 11.6 Å². The van der Waals surface area contributed by atoms with Crippen LogP contribution in [-0.4, -0.2) is 28.9 Å². The molecule has 1 aromatic heterocycles. The van der Waals surface area contributed by atoms with Crippen molar-refractivity contribution in [3.8, 4) is 0 Å². The van der Waals surface area contributed by atoms with Crippen molar-refractivity contribution in [2.24, 2.45) is 5.92 Å². The van der Waals surface area contributed by atoms with E-state index in [4.69, 9.17) is 11.6 Å². The number of nitrogens with one attached hydrogen (secondary N) is 1. The van der Waals surface area contributed by atoms with Crippen molar-refractivity contribution < 1.29 is 13.6 Å². The van der Waals surface area contributed by atoms with Crippen molar-refractivity contribution >= 4 is 23.3 Å². The second kappa shape index (κ2) is 7.89. The van der Waals surface area contributed by atoms with Crippen LogP contribution in [0, 0.1) is 17.6 Å². The molecule has 25 heavy (non-hydrogen) atoms. The lowest BCUT2D eigenvalue weighted by Gasteiger charge is -2.31. The van der Waals surface area contributed by atoms with Crippen LogP contribution in [0.5, 0.6) is 0 Å². The number of benzene rings is 1. The number of hydrogen-bond acceptors (Lipinski definition) is 3. The average molecular weight is 366 g/mol. The second-order valence-electron chi connectivity index (χ2n) is 6.11. The number of pyridine rings is 1. The van der Waals surface area contributed by atoms with E-state index in [1.807, 2.05) is 4.90 Å². The zero-order chi connectivity index (χ0) is 17.8. The van der Waals surface area contributed by atoms with Gasteiger partial charge in [0.2, 0.25) is 5.91 Å². The first-order valence-electron chi connectivity index (χ1n) is 8.10. The molecular weight excluding hydrogens is 348 g/mol. The molecular formula is C18H18ClF2N3O. The van der Waals surface area contributed by atoms with E-state index in [2.05, 4.69) is 10.3 Å². The molecule has 0 radical (unpaired) electrons. The summed E-state index contributed by atoms with van der Waals surface area (Å²) in [4.78, 5) is 18.4. The topological polar surface area (TPSA) is 45.2 Å². The number of carbonyl (C=O) groups is 1. The van der Waals surface area contributed by atoms with Crippen molar-refractivity contribution in [1.29, 1.82) is 0 Å². The van der Waals surface area contributed by atoms with Crippen LogP contribution in [0.2, 0.25) is 5.02 Å². The summed E-state index contributed by atoms with van der Waals surface area (Å²) in [6, 6.07) is 7.53. The minimum atomic E-state index is -0.831. The summed E-state index contributed by atoms with van der Waals surface area (Å²) in [5.41, 5.74) is 0.341. The number of anilines is 1. The second-order valence-corrected chi connectivity index (χ2v) is 6.55. The molecule has 0 bridgehead atoms. The Balaban J connectivity index is 1.52. The third kappa shape index (κ3) is 4.52. The summed E-state index contributed by atoms with van der Waals surface area (Å²) in [6.07, 6.45) is 2.81. The summed E-state index contributed by atoms with van der Waals surface area (Å²) in [7, 11) is 0. The number of amides is 1. The first-order valence-corrected chi connectivity index (χ1v) is 8.48. The largest absolute Gasteiger partial charge is 0.310 e. The van der Waals surface area contributed by atoms with Crippen LogP contribution in [0.4, 0.5) is 14.6 Å². The van der Waals surface area contributed by atoms with E-state index in [-0.39, 0.29) is 11.8 Å². The van der Waals surface area contributed by atoms with Crippen LogP contribution in [-0.2, 0) is 11.3 Å². The minimum Gasteiger partial charge on any atom is -0.310 e. The molecule has 0 saturated carbocycles. The number of hydrogen-bond donors (Lipinski definition) is 1. The Labute approximate surface area is 149 Å². The van der Waals surface area contributed by atoms with Gasteiger partial charge in [0.15, 0.2) is 11.6 Å². The fraction of sp³-hybridized carbons (Fsp3) is 0.333. The summed E-state index contributed by atoms with van der Waals surface area (Å²) in [5.74, 6) is -1.35. The van der Waals surface area contributed by atoms with Gasteiger partial charge in [0.05, 0.1) is 5.02 Å². The first kappa shape index (κ1) is 17.8. The van der Waals surface area contributed by atoms with E-state index in [1.165, 1.54) is 12.3 Å². The molecule has 0 atom stereocenters. The highest BCUT2D eigenvalue weighted by Gasteiger charge is 2.25. The summed E-state index contributed by atoms with van der Waals surface area (Å²) in [5, 5.41) is 3.29. The Morgan fingerprint density at radius 2 is 2.00 bits per heavy atom. The highest BCUT2D eigenvalue weighted by atomic mass is 35.5. The molecule has 1 aliphatic heterocycles. The lowest BCUT2D eigenvalue weighted by molar-refractivity contribution is -0.121. The van der Waals surface area contributed by atoms with Crippen LogP contribution in [0.3, 0.4) is 0 Å². The Hall–Kier alpha value is -2.05. The fourth-order valence-electron chi connectivity index (χ4n) is 2.94. The molecule has 1 aromatic carbocycles. The molecule has 7 heteroatoms. The lowest BCUT2D eigenvalue weighted by atomic mass is 9.95. The zero-order valence-corrected chi connectivity index (χ0v) is 14.3. The number of piperidine rings is 1. The molecule has 2 aromatic rings. The third-order valence-electron chi connectivity index (χ3n) is 4.36. The monoisotopic (exact) mass is 365 g/mol. The minimum absolute atomic E-state index is 0.0774. The predicted molar refractivity (Wildman–Crippen MR) is 92.2 cm³/mol. The number of carbonyl (C=O) groups excluding carboxylic acids is 1. The van der Waals surface area contributed by atoms with Gasteiger partial charge in [0.25, 0.3) is 0 Å². The van der Waals surface area contributed by atoms with E-state index in [0.717, 1.165) is 6.07 Å². The van der Waals surface area contributed by atoms with Crippen molar-refractivity contribution in [1.82, 2.24) is 9.88 Å². The maximum absolute atomic E-state index is 13.8. The van der Waals surface area contributed by atoms with Crippen LogP contribution in [0.15, 0.2) is 36.5 Å². The van der Waals surface area contributed by atoms with Gasteiger partial charge >= 0.3 is 0 Å². The van der Waals surface area contributed by atoms with Gasteiger partial charge in [-0.1, -0.05) is 23.7 Å². The van der Waals surface area contributed by atoms with Crippen LogP contribution < -0.4 is 5.32 Å². The van der Waals surface area contributed by atoms with Crippen molar-refractivity contribution in [3.05, 3.63) is 58.7 Å². The average Bonchev–Trinajstić information content (AvgIpc) is 2.61. The zero-order valence-electron chi connectivity index (χ0n) is 13.5. The van der Waals surface area contributed by atoms with Gasteiger partial charge in [0, 0.05) is 24.2 Å². The fourth-order valence-corrected chi connectivity index (χ4v) is 3.05. The van der Waals surface area contributed by atoms with Gasteiger partial charge in [-0.15, -0.1) is 0 Å². The molecule has 3 rings (SSSR count). The summed E-state index contributed by atoms with van der Waals surface area (Å²) >= 11 is 5.77. The predicted octanol–water partition coefficient (Wildman–Crippen LogP) is 3.86. The van der Waals surface area contributed by atoms with Gasteiger partial charge in [-0.05, 0) is 44.1 Å². The van der Waals surface area contributed by atoms with Gasteiger partial charge in [-0.3, -0.25) is 9.69 Å².